The molecule has 160 valence electrons. The first-order valence-corrected chi connectivity index (χ1v) is 9.81. The summed E-state index contributed by atoms with van der Waals surface area (Å²) in [5, 5.41) is 13.1. The highest BCUT2D eigenvalue weighted by Gasteiger charge is 2.32. The summed E-state index contributed by atoms with van der Waals surface area (Å²) >= 11 is 0. The molecule has 31 heavy (non-hydrogen) atoms. The van der Waals surface area contributed by atoms with Gasteiger partial charge in [-0.3, -0.25) is 14.4 Å². The Balaban J connectivity index is 1.43. The van der Waals surface area contributed by atoms with Gasteiger partial charge in [-0.15, -0.1) is 0 Å². The SMILES string of the molecule is CN(C(=O)OCC1c2ccccc2-c2ccccc21)[C@@H](CCc1noc(=O)[nH]1)C(=O)O. The van der Waals surface area contributed by atoms with Crippen molar-refractivity contribution >= 4 is 12.1 Å². The van der Waals surface area contributed by atoms with Gasteiger partial charge >= 0.3 is 17.8 Å². The Hall–Kier alpha value is -3.88. The molecule has 1 aliphatic rings. The largest absolute Gasteiger partial charge is 0.480 e. The van der Waals surface area contributed by atoms with E-state index in [0.717, 1.165) is 27.2 Å². The van der Waals surface area contributed by atoms with Crippen molar-refractivity contribution in [3.05, 3.63) is 76.0 Å². The predicted molar refractivity (Wildman–Crippen MR) is 110 cm³/mol. The van der Waals surface area contributed by atoms with Crippen LogP contribution in [0.3, 0.4) is 0 Å². The number of amides is 1. The van der Waals surface area contributed by atoms with E-state index in [9.17, 15) is 19.5 Å². The molecule has 3 aromatic rings. The van der Waals surface area contributed by atoms with Crippen LogP contribution in [-0.2, 0) is 16.0 Å². The van der Waals surface area contributed by atoms with Crippen LogP contribution in [0.15, 0.2) is 57.8 Å². The summed E-state index contributed by atoms with van der Waals surface area (Å²) in [6.07, 6.45) is -0.565. The van der Waals surface area contributed by atoms with E-state index < -0.39 is 23.9 Å². The number of aryl methyl sites for hydroxylation is 1. The highest BCUT2D eigenvalue weighted by molar-refractivity contribution is 5.81. The zero-order valence-electron chi connectivity index (χ0n) is 16.8. The molecule has 1 atom stereocenters. The van der Waals surface area contributed by atoms with E-state index in [1.807, 2.05) is 48.5 Å². The molecule has 9 nitrogen and oxygen atoms in total. The van der Waals surface area contributed by atoms with Crippen LogP contribution >= 0.6 is 0 Å². The molecule has 0 radical (unpaired) electrons. The van der Waals surface area contributed by atoms with Crippen molar-refractivity contribution in [1.82, 2.24) is 15.0 Å². The monoisotopic (exact) mass is 423 g/mol. The zero-order chi connectivity index (χ0) is 22.0. The number of rotatable bonds is 7. The van der Waals surface area contributed by atoms with Gasteiger partial charge in [0.2, 0.25) is 0 Å². The van der Waals surface area contributed by atoms with Gasteiger partial charge in [0.05, 0.1) is 0 Å². The van der Waals surface area contributed by atoms with Crippen LogP contribution in [0, 0.1) is 0 Å². The molecule has 0 saturated heterocycles. The molecule has 2 aromatic carbocycles. The summed E-state index contributed by atoms with van der Waals surface area (Å²) < 4.78 is 9.92. The molecule has 0 bridgehead atoms. The van der Waals surface area contributed by atoms with Gasteiger partial charge in [0, 0.05) is 19.4 Å². The Kier molecular flexibility index (Phi) is 5.57. The van der Waals surface area contributed by atoms with Gasteiger partial charge in [-0.25, -0.2) is 14.4 Å². The lowest BCUT2D eigenvalue weighted by Gasteiger charge is -2.25. The number of aromatic nitrogens is 2. The van der Waals surface area contributed by atoms with E-state index in [-0.39, 0.29) is 31.2 Å². The number of aliphatic carboxylic acids is 1. The Morgan fingerprint density at radius 1 is 1.16 bits per heavy atom. The number of nitrogens with zero attached hydrogens (tertiary/aromatic N) is 2. The number of fused-ring (bicyclic) bond motifs is 3. The van der Waals surface area contributed by atoms with Gasteiger partial charge in [-0.2, -0.15) is 0 Å². The minimum atomic E-state index is -1.18. The molecule has 1 aromatic heterocycles. The minimum absolute atomic E-state index is 0.0402. The molecular weight excluding hydrogens is 402 g/mol. The van der Waals surface area contributed by atoms with E-state index in [1.165, 1.54) is 7.05 Å². The third-order valence-corrected chi connectivity index (χ3v) is 5.52. The second-order valence-electron chi connectivity index (χ2n) is 7.35. The first kappa shape index (κ1) is 20.4. The lowest BCUT2D eigenvalue weighted by Crippen LogP contribution is -2.43. The molecule has 0 spiro atoms. The molecule has 0 unspecified atom stereocenters. The lowest BCUT2D eigenvalue weighted by atomic mass is 9.98. The molecule has 1 amide bonds. The van der Waals surface area contributed by atoms with Crippen LogP contribution < -0.4 is 5.76 Å². The van der Waals surface area contributed by atoms with Crippen molar-refractivity contribution < 1.29 is 24.0 Å². The van der Waals surface area contributed by atoms with E-state index >= 15 is 0 Å². The summed E-state index contributed by atoms with van der Waals surface area (Å²) in [4.78, 5) is 38.7. The van der Waals surface area contributed by atoms with Gasteiger partial charge in [-0.1, -0.05) is 53.7 Å². The topological polar surface area (TPSA) is 126 Å². The molecule has 0 fully saturated rings. The van der Waals surface area contributed by atoms with Crippen molar-refractivity contribution in [2.24, 2.45) is 0 Å². The third kappa shape index (κ3) is 4.07. The molecular formula is C22H21N3O6. The normalized spacial score (nSPS) is 13.3. The maximum atomic E-state index is 12.6. The fourth-order valence-electron chi connectivity index (χ4n) is 3.95. The number of ether oxygens (including phenoxy) is 1. The van der Waals surface area contributed by atoms with E-state index in [1.54, 1.807) is 0 Å². The molecule has 9 heteroatoms. The highest BCUT2D eigenvalue weighted by atomic mass is 16.6. The maximum absolute atomic E-state index is 12.6. The quantitative estimate of drug-likeness (QED) is 0.598. The fourth-order valence-corrected chi connectivity index (χ4v) is 3.95. The number of nitrogens with one attached hydrogen (secondary N) is 1. The number of carbonyl (C=O) groups is 2. The molecule has 2 N–H and O–H groups in total. The smallest absolute Gasteiger partial charge is 0.438 e. The molecule has 4 rings (SSSR count). The van der Waals surface area contributed by atoms with Crippen molar-refractivity contribution in [3.63, 3.8) is 0 Å². The van der Waals surface area contributed by atoms with Crippen molar-refractivity contribution in [1.29, 1.82) is 0 Å². The average Bonchev–Trinajstić information content (AvgIpc) is 3.32. The van der Waals surface area contributed by atoms with Gasteiger partial charge in [0.1, 0.15) is 12.6 Å². The number of benzene rings is 2. The van der Waals surface area contributed by atoms with Crippen LogP contribution in [0.25, 0.3) is 11.1 Å². The van der Waals surface area contributed by atoms with Crippen LogP contribution in [0.2, 0.25) is 0 Å². The first-order chi connectivity index (χ1) is 15.0. The Morgan fingerprint density at radius 2 is 1.77 bits per heavy atom. The Bertz CT molecular complexity index is 1120. The van der Waals surface area contributed by atoms with Gasteiger partial charge < -0.3 is 9.84 Å². The van der Waals surface area contributed by atoms with Crippen LogP contribution in [0.5, 0.6) is 0 Å². The third-order valence-electron chi connectivity index (χ3n) is 5.52. The first-order valence-electron chi connectivity index (χ1n) is 9.81. The lowest BCUT2D eigenvalue weighted by molar-refractivity contribution is -0.142. The summed E-state index contributed by atoms with van der Waals surface area (Å²) in [5.41, 5.74) is 4.36. The summed E-state index contributed by atoms with van der Waals surface area (Å²) in [7, 11) is 1.38. The standard InChI is InChI=1S/C22H21N3O6/c1-25(18(20(26)27)10-11-19-23-21(28)31-24-19)22(29)30-12-17-15-8-4-2-6-13(15)14-7-3-5-9-16(14)17/h2-9,17-18H,10-12H2,1H3,(H,26,27)(H,23,24,28)/t18-/m0/s1. The Labute approximate surface area is 177 Å². The second kappa shape index (κ2) is 8.47. The summed E-state index contributed by atoms with van der Waals surface area (Å²) in [5.74, 6) is -1.79. The molecule has 0 saturated carbocycles. The van der Waals surface area contributed by atoms with Crippen LogP contribution in [0.4, 0.5) is 4.79 Å². The van der Waals surface area contributed by atoms with Crippen molar-refractivity contribution in [3.8, 4) is 11.1 Å². The number of likely N-dealkylation sites (N-methyl/N-ethyl adjacent to an activating group) is 1. The van der Waals surface area contributed by atoms with E-state index in [2.05, 4.69) is 14.7 Å². The second-order valence-corrected chi connectivity index (χ2v) is 7.35. The van der Waals surface area contributed by atoms with Gasteiger partial charge in [-0.05, 0) is 28.7 Å². The van der Waals surface area contributed by atoms with Gasteiger partial charge in [0.25, 0.3) is 0 Å². The minimum Gasteiger partial charge on any atom is -0.480 e. The van der Waals surface area contributed by atoms with Crippen molar-refractivity contribution in [2.75, 3.05) is 13.7 Å². The van der Waals surface area contributed by atoms with Gasteiger partial charge in [0.15, 0.2) is 5.82 Å². The average molecular weight is 423 g/mol. The number of carboxylic acid groups (broad SMARTS) is 1. The number of carbonyl (C=O) groups excluding carboxylic acids is 1. The molecule has 0 aliphatic heterocycles. The number of H-pyrrole nitrogens is 1. The predicted octanol–water partition coefficient (Wildman–Crippen LogP) is 2.63. The number of hydrogen-bond donors (Lipinski definition) is 2. The zero-order valence-corrected chi connectivity index (χ0v) is 16.8. The van der Waals surface area contributed by atoms with E-state index in [0.29, 0.717) is 0 Å². The Morgan fingerprint density at radius 3 is 2.32 bits per heavy atom. The maximum Gasteiger partial charge on any atom is 0.438 e. The van der Waals surface area contributed by atoms with Crippen LogP contribution in [-0.4, -0.2) is 51.9 Å². The van der Waals surface area contributed by atoms with E-state index in [4.69, 9.17) is 4.74 Å². The number of hydrogen-bond acceptors (Lipinski definition) is 6. The molecule has 1 heterocycles. The fraction of sp³-hybridized carbons (Fsp3) is 0.273. The van der Waals surface area contributed by atoms with Crippen LogP contribution in [0.1, 0.15) is 29.3 Å². The molecule has 1 aliphatic carbocycles. The number of aromatic amines is 1. The summed E-state index contributed by atoms with van der Waals surface area (Å²) in [6, 6.07) is 14.8. The highest BCUT2D eigenvalue weighted by Crippen LogP contribution is 2.44. The summed E-state index contributed by atoms with van der Waals surface area (Å²) in [6.45, 7) is 0.0974. The van der Waals surface area contributed by atoms with Crippen molar-refractivity contribution in [2.45, 2.75) is 24.8 Å². The number of carboxylic acids is 1.